The lowest BCUT2D eigenvalue weighted by Crippen LogP contribution is -2.30. The molecule has 2 rings (SSSR count). The van der Waals surface area contributed by atoms with Gasteiger partial charge in [0.25, 0.3) is 0 Å². The second-order valence-electron chi connectivity index (χ2n) is 4.81. The second-order valence-corrected chi connectivity index (χ2v) is 5.61. The summed E-state index contributed by atoms with van der Waals surface area (Å²) < 4.78 is 31.9. The predicted molar refractivity (Wildman–Crippen MR) is 78.9 cm³/mol. The van der Waals surface area contributed by atoms with Gasteiger partial charge >= 0.3 is 0 Å². The molecule has 0 radical (unpaired) electrons. The van der Waals surface area contributed by atoms with Gasteiger partial charge in [0.15, 0.2) is 11.6 Å². The van der Waals surface area contributed by atoms with Crippen molar-refractivity contribution in [1.29, 1.82) is 0 Å². The molecule has 0 aliphatic rings. The maximum atomic E-state index is 13.6. The summed E-state index contributed by atoms with van der Waals surface area (Å²) in [5, 5.41) is 7.12. The molecule has 1 N–H and O–H groups in total. The van der Waals surface area contributed by atoms with E-state index >= 15 is 0 Å². The number of rotatable bonds is 5. The van der Waals surface area contributed by atoms with Crippen LogP contribution in [0.15, 0.2) is 21.1 Å². The number of benzene rings is 1. The number of hydrogen-bond acceptors (Lipinski definition) is 4. The lowest BCUT2D eigenvalue weighted by molar-refractivity contribution is 0.332. The Morgan fingerprint density at radius 1 is 1.33 bits per heavy atom. The molecule has 114 valence electrons. The average Bonchev–Trinajstić information content (AvgIpc) is 2.94. The highest BCUT2D eigenvalue weighted by atomic mass is 79.9. The Labute approximate surface area is 130 Å². The molecule has 4 nitrogen and oxygen atoms in total. The van der Waals surface area contributed by atoms with E-state index < -0.39 is 11.6 Å². The van der Waals surface area contributed by atoms with Crippen molar-refractivity contribution in [3.63, 3.8) is 0 Å². The van der Waals surface area contributed by atoms with E-state index in [4.69, 9.17) is 4.52 Å². The Balaban J connectivity index is 2.30. The number of nitrogens with one attached hydrogen (secondary N) is 1. The van der Waals surface area contributed by atoms with E-state index in [0.717, 1.165) is 12.6 Å². The first-order valence-electron chi connectivity index (χ1n) is 6.66. The SMILES string of the molecule is CCNC(C)C(C)c1nc(-c2ccc(F)c(F)c2Br)no1. The molecule has 1 aromatic heterocycles. The summed E-state index contributed by atoms with van der Waals surface area (Å²) in [5.41, 5.74) is 0.354. The van der Waals surface area contributed by atoms with Crippen LogP contribution in [0.5, 0.6) is 0 Å². The van der Waals surface area contributed by atoms with Crippen molar-refractivity contribution < 1.29 is 13.3 Å². The molecule has 1 aromatic carbocycles. The van der Waals surface area contributed by atoms with Crippen molar-refractivity contribution in [3.05, 3.63) is 34.1 Å². The van der Waals surface area contributed by atoms with Gasteiger partial charge in [-0.05, 0) is 41.5 Å². The van der Waals surface area contributed by atoms with Crippen molar-refractivity contribution in [2.75, 3.05) is 6.54 Å². The maximum Gasteiger partial charge on any atom is 0.231 e. The van der Waals surface area contributed by atoms with E-state index in [2.05, 4.69) is 31.4 Å². The van der Waals surface area contributed by atoms with Crippen LogP contribution in [0, 0.1) is 11.6 Å². The molecule has 2 aromatic rings. The van der Waals surface area contributed by atoms with Gasteiger partial charge in [-0.3, -0.25) is 0 Å². The summed E-state index contributed by atoms with van der Waals surface area (Å²) in [6.45, 7) is 6.83. The zero-order chi connectivity index (χ0) is 15.6. The number of hydrogen-bond donors (Lipinski definition) is 1. The van der Waals surface area contributed by atoms with Crippen LogP contribution in [0.1, 0.15) is 32.6 Å². The minimum atomic E-state index is -0.965. The van der Waals surface area contributed by atoms with Crippen LogP contribution in [-0.4, -0.2) is 22.7 Å². The summed E-state index contributed by atoms with van der Waals surface area (Å²) in [7, 11) is 0. The van der Waals surface area contributed by atoms with Gasteiger partial charge in [0.05, 0.1) is 10.4 Å². The van der Waals surface area contributed by atoms with Crippen molar-refractivity contribution in [2.24, 2.45) is 0 Å². The fourth-order valence-corrected chi connectivity index (χ4v) is 2.44. The van der Waals surface area contributed by atoms with Crippen molar-refractivity contribution in [2.45, 2.75) is 32.7 Å². The fourth-order valence-electron chi connectivity index (χ4n) is 1.94. The smallest absolute Gasteiger partial charge is 0.231 e. The highest BCUT2D eigenvalue weighted by Crippen LogP contribution is 2.31. The number of likely N-dealkylation sites (N-methyl/N-ethyl adjacent to an activating group) is 1. The molecule has 2 unspecified atom stereocenters. The Kier molecular flexibility index (Phi) is 5.05. The largest absolute Gasteiger partial charge is 0.339 e. The van der Waals surface area contributed by atoms with Crippen LogP contribution in [0.25, 0.3) is 11.4 Å². The Bertz CT molecular complexity index is 633. The van der Waals surface area contributed by atoms with Gasteiger partial charge in [0, 0.05) is 11.6 Å². The van der Waals surface area contributed by atoms with Crippen LogP contribution < -0.4 is 5.32 Å². The first-order chi connectivity index (χ1) is 9.95. The molecule has 0 fully saturated rings. The standard InChI is InChI=1S/C14H16BrF2N3O/c1-4-18-8(3)7(2)14-19-13(20-21-14)9-5-6-10(16)12(17)11(9)15/h5-8,18H,4H2,1-3H3. The number of halogens is 3. The molecule has 0 saturated heterocycles. The van der Waals surface area contributed by atoms with E-state index in [-0.39, 0.29) is 22.3 Å². The lowest BCUT2D eigenvalue weighted by atomic mass is 10.0. The van der Waals surface area contributed by atoms with E-state index in [9.17, 15) is 8.78 Å². The van der Waals surface area contributed by atoms with E-state index in [1.54, 1.807) is 0 Å². The van der Waals surface area contributed by atoms with Gasteiger partial charge in [-0.2, -0.15) is 4.98 Å². The summed E-state index contributed by atoms with van der Waals surface area (Å²) in [6.07, 6.45) is 0. The van der Waals surface area contributed by atoms with E-state index in [1.807, 2.05) is 20.8 Å². The third-order valence-corrected chi connectivity index (χ3v) is 4.16. The fraction of sp³-hybridized carbons (Fsp3) is 0.429. The van der Waals surface area contributed by atoms with Gasteiger partial charge in [-0.1, -0.05) is 19.0 Å². The summed E-state index contributed by atoms with van der Waals surface area (Å²) in [4.78, 5) is 4.28. The van der Waals surface area contributed by atoms with Crippen molar-refractivity contribution in [3.8, 4) is 11.4 Å². The van der Waals surface area contributed by atoms with Gasteiger partial charge in [0.2, 0.25) is 11.7 Å². The summed E-state index contributed by atoms with van der Waals surface area (Å²) >= 11 is 3.02. The summed E-state index contributed by atoms with van der Waals surface area (Å²) in [6, 6.07) is 2.61. The molecule has 0 aliphatic carbocycles. The zero-order valence-corrected chi connectivity index (χ0v) is 13.5. The third-order valence-electron chi connectivity index (χ3n) is 3.38. The maximum absolute atomic E-state index is 13.6. The van der Waals surface area contributed by atoms with Gasteiger partial charge in [-0.25, -0.2) is 8.78 Å². The highest BCUT2D eigenvalue weighted by molar-refractivity contribution is 9.10. The van der Waals surface area contributed by atoms with Crippen LogP contribution in [0.2, 0.25) is 0 Å². The molecule has 7 heteroatoms. The Hall–Kier alpha value is -1.34. The summed E-state index contributed by atoms with van der Waals surface area (Å²) in [5.74, 6) is -1.20. The third kappa shape index (κ3) is 3.29. The van der Waals surface area contributed by atoms with Gasteiger partial charge in [-0.15, -0.1) is 0 Å². The molecule has 1 heterocycles. The molecule has 0 bridgehead atoms. The highest BCUT2D eigenvalue weighted by Gasteiger charge is 2.22. The van der Waals surface area contributed by atoms with Crippen LogP contribution >= 0.6 is 15.9 Å². The zero-order valence-electron chi connectivity index (χ0n) is 12.0. The first kappa shape index (κ1) is 16.0. The van der Waals surface area contributed by atoms with Crippen molar-refractivity contribution in [1.82, 2.24) is 15.5 Å². The normalized spacial score (nSPS) is 14.2. The van der Waals surface area contributed by atoms with E-state index in [1.165, 1.54) is 6.07 Å². The number of nitrogens with zero attached hydrogens (tertiary/aromatic N) is 2. The molecule has 2 atom stereocenters. The molecule has 21 heavy (non-hydrogen) atoms. The molecular weight excluding hydrogens is 344 g/mol. The topological polar surface area (TPSA) is 51.0 Å². The van der Waals surface area contributed by atoms with Crippen LogP contribution in [0.4, 0.5) is 8.78 Å². The molecule has 0 saturated carbocycles. The minimum Gasteiger partial charge on any atom is -0.339 e. The Morgan fingerprint density at radius 2 is 2.05 bits per heavy atom. The minimum absolute atomic E-state index is 0.00951. The second kappa shape index (κ2) is 6.62. The Morgan fingerprint density at radius 3 is 2.71 bits per heavy atom. The monoisotopic (exact) mass is 359 g/mol. The quantitative estimate of drug-likeness (QED) is 0.823. The number of aromatic nitrogens is 2. The molecular formula is C14H16BrF2N3O. The van der Waals surface area contributed by atoms with Crippen molar-refractivity contribution >= 4 is 15.9 Å². The molecule has 0 amide bonds. The average molecular weight is 360 g/mol. The van der Waals surface area contributed by atoms with E-state index in [0.29, 0.717) is 11.5 Å². The van der Waals surface area contributed by atoms with Gasteiger partial charge < -0.3 is 9.84 Å². The predicted octanol–water partition coefficient (Wildman–Crippen LogP) is 3.88. The first-order valence-corrected chi connectivity index (χ1v) is 7.45. The molecule has 0 spiro atoms. The van der Waals surface area contributed by atoms with Gasteiger partial charge in [0.1, 0.15) is 0 Å². The molecule has 0 aliphatic heterocycles. The lowest BCUT2D eigenvalue weighted by Gasteiger charge is -2.16. The van der Waals surface area contributed by atoms with Crippen LogP contribution in [-0.2, 0) is 0 Å². The van der Waals surface area contributed by atoms with Crippen LogP contribution in [0.3, 0.4) is 0 Å².